The monoisotopic (exact) mass is 257 g/mol. The molecular formula is C11H17F2N5. The minimum atomic E-state index is -0.810. The third-order valence-corrected chi connectivity index (χ3v) is 2.99. The smallest absolute Gasteiger partial charge is 0.178 e. The van der Waals surface area contributed by atoms with Crippen molar-refractivity contribution in [2.75, 3.05) is 30.9 Å². The van der Waals surface area contributed by atoms with E-state index < -0.39 is 11.6 Å². The Kier molecular flexibility index (Phi) is 3.93. The number of anilines is 2. The van der Waals surface area contributed by atoms with E-state index in [2.05, 4.69) is 20.6 Å². The van der Waals surface area contributed by atoms with Crippen molar-refractivity contribution >= 4 is 11.6 Å². The molecule has 1 aromatic rings. The lowest BCUT2D eigenvalue weighted by molar-refractivity contribution is 0.337. The fraction of sp³-hybridized carbons (Fsp3) is 0.545. The number of halogens is 2. The number of likely N-dealkylation sites (N-methyl/N-ethyl adjacent to an activating group) is 1. The molecule has 1 saturated carbocycles. The van der Waals surface area contributed by atoms with Crippen molar-refractivity contribution in [2.45, 2.75) is 18.9 Å². The zero-order valence-corrected chi connectivity index (χ0v) is 10.2. The number of nitrogen functional groups attached to an aromatic ring is 1. The van der Waals surface area contributed by atoms with Gasteiger partial charge in [-0.1, -0.05) is 0 Å². The first-order chi connectivity index (χ1) is 8.61. The van der Waals surface area contributed by atoms with Gasteiger partial charge in [0.2, 0.25) is 0 Å². The van der Waals surface area contributed by atoms with E-state index in [0.29, 0.717) is 12.6 Å². The number of pyridine rings is 1. The molecule has 2 rings (SSSR count). The van der Waals surface area contributed by atoms with E-state index in [0.717, 1.165) is 12.6 Å². The van der Waals surface area contributed by atoms with Gasteiger partial charge in [0.1, 0.15) is 0 Å². The molecule has 1 aromatic heterocycles. The minimum Gasteiger partial charge on any atom is -0.366 e. The molecule has 0 saturated heterocycles. The van der Waals surface area contributed by atoms with Gasteiger partial charge in [-0.3, -0.25) is 0 Å². The zero-order chi connectivity index (χ0) is 13.1. The second kappa shape index (κ2) is 5.45. The molecule has 0 bridgehead atoms. The zero-order valence-electron chi connectivity index (χ0n) is 10.2. The molecule has 5 nitrogen and oxygen atoms in total. The van der Waals surface area contributed by atoms with E-state index in [4.69, 9.17) is 5.84 Å². The molecule has 4 N–H and O–H groups in total. The number of hydrazine groups is 1. The predicted molar refractivity (Wildman–Crippen MR) is 66.1 cm³/mol. The van der Waals surface area contributed by atoms with Gasteiger partial charge < -0.3 is 15.6 Å². The second-order valence-corrected chi connectivity index (χ2v) is 4.43. The number of rotatable bonds is 6. The molecule has 0 atom stereocenters. The summed E-state index contributed by atoms with van der Waals surface area (Å²) in [6.45, 7) is 1.33. The average molecular weight is 257 g/mol. The lowest BCUT2D eigenvalue weighted by Crippen LogP contribution is -2.27. The normalized spacial score (nSPS) is 14.9. The molecule has 0 aliphatic heterocycles. The molecule has 18 heavy (non-hydrogen) atoms. The number of nitrogens with zero attached hydrogens (tertiary/aromatic N) is 2. The number of nitrogens with one attached hydrogen (secondary N) is 2. The Morgan fingerprint density at radius 3 is 2.67 bits per heavy atom. The maximum absolute atomic E-state index is 13.4. The highest BCUT2D eigenvalue weighted by atomic mass is 19.1. The van der Waals surface area contributed by atoms with Crippen molar-refractivity contribution in [3.63, 3.8) is 0 Å². The van der Waals surface area contributed by atoms with Crippen LogP contribution in [0.5, 0.6) is 0 Å². The molecule has 1 aliphatic rings. The number of hydrogen-bond acceptors (Lipinski definition) is 5. The van der Waals surface area contributed by atoms with Crippen LogP contribution in [0.25, 0.3) is 0 Å². The summed E-state index contributed by atoms with van der Waals surface area (Å²) in [4.78, 5) is 5.94. The van der Waals surface area contributed by atoms with E-state index in [1.165, 1.54) is 12.8 Å². The van der Waals surface area contributed by atoms with Crippen molar-refractivity contribution in [1.82, 2.24) is 9.88 Å². The summed E-state index contributed by atoms with van der Waals surface area (Å²) in [5.74, 6) is 3.39. The van der Waals surface area contributed by atoms with Gasteiger partial charge in [0.25, 0.3) is 0 Å². The van der Waals surface area contributed by atoms with Crippen molar-refractivity contribution < 1.29 is 8.78 Å². The standard InChI is InChI=1S/C11H17F2N5/c1-18(7-2-3-7)5-4-15-10-8(12)6-9(13)11(16-10)17-14/h6-7H,2-5,14H2,1H3,(H2,15,16,17). The molecule has 0 aromatic carbocycles. The van der Waals surface area contributed by atoms with E-state index in [1.807, 2.05) is 7.05 Å². The molecular weight excluding hydrogens is 240 g/mol. The van der Waals surface area contributed by atoms with Crippen LogP contribution in [0.3, 0.4) is 0 Å². The Hall–Kier alpha value is -1.47. The van der Waals surface area contributed by atoms with Crippen molar-refractivity contribution in [3.8, 4) is 0 Å². The van der Waals surface area contributed by atoms with Gasteiger partial charge in [-0.25, -0.2) is 19.6 Å². The fourth-order valence-electron chi connectivity index (χ4n) is 1.74. The minimum absolute atomic E-state index is 0.00791. The summed E-state index contributed by atoms with van der Waals surface area (Å²) in [7, 11) is 2.03. The Labute approximate surface area is 104 Å². The first-order valence-corrected chi connectivity index (χ1v) is 5.88. The molecule has 7 heteroatoms. The highest BCUT2D eigenvalue weighted by molar-refractivity contribution is 5.46. The van der Waals surface area contributed by atoms with Crippen molar-refractivity contribution in [1.29, 1.82) is 0 Å². The third-order valence-electron chi connectivity index (χ3n) is 2.99. The largest absolute Gasteiger partial charge is 0.366 e. The third kappa shape index (κ3) is 3.05. The topological polar surface area (TPSA) is 66.2 Å². The summed E-state index contributed by atoms with van der Waals surface area (Å²) in [6.07, 6.45) is 2.45. The van der Waals surface area contributed by atoms with E-state index >= 15 is 0 Å². The second-order valence-electron chi connectivity index (χ2n) is 4.43. The summed E-state index contributed by atoms with van der Waals surface area (Å²) in [5, 5.41) is 2.84. The first kappa shape index (κ1) is 13.0. The lowest BCUT2D eigenvalue weighted by Gasteiger charge is -2.16. The lowest BCUT2D eigenvalue weighted by atomic mass is 10.4. The molecule has 0 unspecified atom stereocenters. The average Bonchev–Trinajstić information content (AvgIpc) is 3.15. The summed E-state index contributed by atoms with van der Waals surface area (Å²) in [6, 6.07) is 1.41. The van der Waals surface area contributed by atoms with Gasteiger partial charge in [-0.2, -0.15) is 0 Å². The van der Waals surface area contributed by atoms with Crippen LogP contribution in [0.15, 0.2) is 6.07 Å². The van der Waals surface area contributed by atoms with Crippen LogP contribution >= 0.6 is 0 Å². The van der Waals surface area contributed by atoms with Crippen molar-refractivity contribution in [3.05, 3.63) is 17.7 Å². The number of aromatic nitrogens is 1. The van der Waals surface area contributed by atoms with Gasteiger partial charge >= 0.3 is 0 Å². The van der Waals surface area contributed by atoms with Crippen LogP contribution in [0.2, 0.25) is 0 Å². The molecule has 0 spiro atoms. The van der Waals surface area contributed by atoms with Gasteiger partial charge in [-0.15, -0.1) is 0 Å². The van der Waals surface area contributed by atoms with Gasteiger partial charge in [0.15, 0.2) is 23.3 Å². The summed E-state index contributed by atoms with van der Waals surface area (Å²) >= 11 is 0. The molecule has 1 fully saturated rings. The molecule has 0 amide bonds. The van der Waals surface area contributed by atoms with Crippen LogP contribution in [0.4, 0.5) is 20.4 Å². The highest BCUT2D eigenvalue weighted by Crippen LogP contribution is 2.25. The van der Waals surface area contributed by atoms with E-state index in [9.17, 15) is 8.78 Å². The highest BCUT2D eigenvalue weighted by Gasteiger charge is 2.25. The van der Waals surface area contributed by atoms with Gasteiger partial charge in [0, 0.05) is 25.2 Å². The molecule has 0 radical (unpaired) electrons. The molecule has 1 aliphatic carbocycles. The van der Waals surface area contributed by atoms with Crippen molar-refractivity contribution in [2.24, 2.45) is 5.84 Å². The Morgan fingerprint density at radius 2 is 2.06 bits per heavy atom. The quantitative estimate of drug-likeness (QED) is 0.527. The molecule has 1 heterocycles. The maximum Gasteiger partial charge on any atom is 0.178 e. The van der Waals surface area contributed by atoms with Crippen LogP contribution in [0, 0.1) is 11.6 Å². The van der Waals surface area contributed by atoms with Crippen LogP contribution < -0.4 is 16.6 Å². The molecule has 100 valence electrons. The van der Waals surface area contributed by atoms with Gasteiger partial charge in [0.05, 0.1) is 0 Å². The van der Waals surface area contributed by atoms with E-state index in [1.54, 1.807) is 0 Å². The Morgan fingerprint density at radius 1 is 1.39 bits per heavy atom. The van der Waals surface area contributed by atoms with E-state index in [-0.39, 0.29) is 11.6 Å². The Balaban J connectivity index is 1.91. The predicted octanol–water partition coefficient (Wildman–Crippen LogP) is 1.15. The Bertz CT molecular complexity index is 422. The van der Waals surface area contributed by atoms with Crippen LogP contribution in [-0.4, -0.2) is 36.1 Å². The summed E-state index contributed by atoms with van der Waals surface area (Å²) in [5.41, 5.74) is 2.09. The first-order valence-electron chi connectivity index (χ1n) is 5.88. The fourth-order valence-corrected chi connectivity index (χ4v) is 1.74. The SMILES string of the molecule is CN(CCNc1nc(NN)c(F)cc1F)C1CC1. The maximum atomic E-state index is 13.4. The summed E-state index contributed by atoms with van der Waals surface area (Å²) < 4.78 is 26.5. The van der Waals surface area contributed by atoms with Crippen LogP contribution in [-0.2, 0) is 0 Å². The number of hydrogen-bond donors (Lipinski definition) is 3. The number of nitrogens with two attached hydrogens (primary N) is 1. The van der Waals surface area contributed by atoms with Crippen LogP contribution in [0.1, 0.15) is 12.8 Å². The van der Waals surface area contributed by atoms with Gasteiger partial charge in [-0.05, 0) is 19.9 Å².